The zero-order valence-electron chi connectivity index (χ0n) is 17.6. The Morgan fingerprint density at radius 2 is 1.80 bits per heavy atom. The lowest BCUT2D eigenvalue weighted by Crippen LogP contribution is -2.30. The molecule has 3 aromatic rings. The summed E-state index contributed by atoms with van der Waals surface area (Å²) in [4.78, 5) is 17.0. The summed E-state index contributed by atoms with van der Waals surface area (Å²) in [5.41, 5.74) is 2.51. The average Bonchev–Trinajstić information content (AvgIpc) is 3.07. The highest BCUT2D eigenvalue weighted by Gasteiger charge is 2.22. The summed E-state index contributed by atoms with van der Waals surface area (Å²) in [6, 6.07) is 14.8. The number of rotatable bonds is 9. The minimum atomic E-state index is -3.54. The predicted octanol–water partition coefficient (Wildman–Crippen LogP) is 2.85. The molecule has 0 saturated carbocycles. The average molecular weight is 429 g/mol. The molecule has 2 aromatic carbocycles. The third kappa shape index (κ3) is 4.71. The van der Waals surface area contributed by atoms with Gasteiger partial charge in [-0.1, -0.05) is 44.2 Å². The fraction of sp³-hybridized carbons (Fsp3) is 0.364. The van der Waals surface area contributed by atoms with Gasteiger partial charge in [0.15, 0.2) is 0 Å². The number of benzene rings is 2. The molecule has 0 atom stereocenters. The van der Waals surface area contributed by atoms with E-state index in [4.69, 9.17) is 0 Å². The molecule has 0 spiro atoms. The number of sulfonamides is 1. The van der Waals surface area contributed by atoms with E-state index in [1.165, 1.54) is 4.31 Å². The lowest BCUT2D eigenvalue weighted by atomic mass is 10.2. The van der Waals surface area contributed by atoms with Crippen LogP contribution in [0.2, 0.25) is 0 Å². The van der Waals surface area contributed by atoms with Crippen LogP contribution < -0.4 is 5.32 Å². The van der Waals surface area contributed by atoms with Crippen molar-refractivity contribution in [3.63, 3.8) is 0 Å². The number of carbonyl (C=O) groups is 1. The van der Waals surface area contributed by atoms with E-state index in [0.29, 0.717) is 38.0 Å². The van der Waals surface area contributed by atoms with Gasteiger partial charge in [0, 0.05) is 39.5 Å². The summed E-state index contributed by atoms with van der Waals surface area (Å²) in [5.74, 6) is 0.702. The van der Waals surface area contributed by atoms with Gasteiger partial charge in [0.2, 0.25) is 15.9 Å². The molecular weight excluding hydrogens is 400 g/mol. The summed E-state index contributed by atoms with van der Waals surface area (Å²) in [5, 5.41) is 2.92. The number of aryl methyl sites for hydroxylation is 2. The normalized spacial score (nSPS) is 11.9. The van der Waals surface area contributed by atoms with Gasteiger partial charge in [-0.25, -0.2) is 13.4 Å². The molecule has 30 heavy (non-hydrogen) atoms. The van der Waals surface area contributed by atoms with Crippen molar-refractivity contribution in [2.75, 3.05) is 13.1 Å². The zero-order chi connectivity index (χ0) is 21.7. The van der Waals surface area contributed by atoms with Gasteiger partial charge < -0.3 is 9.88 Å². The zero-order valence-corrected chi connectivity index (χ0v) is 18.4. The Morgan fingerprint density at radius 1 is 1.10 bits per heavy atom. The van der Waals surface area contributed by atoms with Crippen LogP contribution in [0.5, 0.6) is 0 Å². The number of nitrogens with zero attached hydrogens (tertiary/aromatic N) is 3. The lowest BCUT2D eigenvalue weighted by molar-refractivity contribution is -0.121. The van der Waals surface area contributed by atoms with Gasteiger partial charge in [-0.3, -0.25) is 4.79 Å². The molecule has 1 aromatic heterocycles. The molecule has 1 N–H and O–H groups in total. The second kappa shape index (κ2) is 9.40. The van der Waals surface area contributed by atoms with Crippen molar-refractivity contribution in [1.29, 1.82) is 0 Å². The van der Waals surface area contributed by atoms with Crippen LogP contribution in [0.1, 0.15) is 31.7 Å². The van der Waals surface area contributed by atoms with Crippen molar-refractivity contribution in [2.24, 2.45) is 7.05 Å². The first-order chi connectivity index (χ1) is 14.4. The second-order valence-electron chi connectivity index (χ2n) is 7.09. The highest BCUT2D eigenvalue weighted by molar-refractivity contribution is 7.89. The Bertz CT molecular complexity index is 1120. The summed E-state index contributed by atoms with van der Waals surface area (Å²) in [6.07, 6.45) is 0.790. The van der Waals surface area contributed by atoms with E-state index in [1.54, 1.807) is 18.2 Å². The summed E-state index contributed by atoms with van der Waals surface area (Å²) in [6.45, 7) is 4.97. The third-order valence-electron chi connectivity index (χ3n) is 5.20. The van der Waals surface area contributed by atoms with Gasteiger partial charge in [0.25, 0.3) is 0 Å². The smallest absolute Gasteiger partial charge is 0.243 e. The molecule has 0 radical (unpaired) electrons. The maximum Gasteiger partial charge on any atom is 0.243 e. The van der Waals surface area contributed by atoms with Crippen LogP contribution in [0.3, 0.4) is 0 Å². The van der Waals surface area contributed by atoms with Crippen LogP contribution in [0, 0.1) is 0 Å². The molecule has 0 aliphatic rings. The first-order valence-corrected chi connectivity index (χ1v) is 11.6. The molecule has 160 valence electrons. The number of carbonyl (C=O) groups excluding carboxylic acids is 1. The van der Waals surface area contributed by atoms with E-state index >= 15 is 0 Å². The molecule has 0 saturated heterocycles. The molecule has 3 rings (SSSR count). The molecular formula is C22H28N4O3S. The van der Waals surface area contributed by atoms with Crippen LogP contribution in [-0.2, 0) is 34.8 Å². The van der Waals surface area contributed by atoms with E-state index in [2.05, 4.69) is 10.3 Å². The highest BCUT2D eigenvalue weighted by atomic mass is 32.2. The molecule has 0 aliphatic heterocycles. The number of amides is 1. The number of hydrogen-bond acceptors (Lipinski definition) is 4. The minimum absolute atomic E-state index is 0.0456. The molecule has 1 amide bonds. The van der Waals surface area contributed by atoms with Gasteiger partial charge in [-0.05, 0) is 23.8 Å². The van der Waals surface area contributed by atoms with Crippen LogP contribution in [0.15, 0.2) is 53.4 Å². The number of hydrogen-bond donors (Lipinski definition) is 1. The number of aromatic nitrogens is 2. The van der Waals surface area contributed by atoms with Crippen LogP contribution in [-0.4, -0.2) is 41.3 Å². The fourth-order valence-electron chi connectivity index (χ4n) is 3.44. The van der Waals surface area contributed by atoms with Crippen molar-refractivity contribution in [1.82, 2.24) is 19.2 Å². The molecule has 0 bridgehead atoms. The Morgan fingerprint density at radius 3 is 2.47 bits per heavy atom. The van der Waals surface area contributed by atoms with E-state index in [0.717, 1.165) is 16.9 Å². The van der Waals surface area contributed by atoms with E-state index in [1.807, 2.05) is 55.8 Å². The largest absolute Gasteiger partial charge is 0.352 e. The Kier molecular flexibility index (Phi) is 6.89. The predicted molar refractivity (Wildman–Crippen MR) is 117 cm³/mol. The topological polar surface area (TPSA) is 84.3 Å². The number of imidazole rings is 1. The fourth-order valence-corrected chi connectivity index (χ4v) is 4.91. The van der Waals surface area contributed by atoms with Crippen molar-refractivity contribution in [3.8, 4) is 0 Å². The lowest BCUT2D eigenvalue weighted by Gasteiger charge is -2.18. The Labute approximate surface area is 177 Å². The van der Waals surface area contributed by atoms with Gasteiger partial charge in [-0.2, -0.15) is 4.31 Å². The Hall–Kier alpha value is -2.71. The maximum absolute atomic E-state index is 12.8. The van der Waals surface area contributed by atoms with Crippen molar-refractivity contribution in [2.45, 2.75) is 38.1 Å². The summed E-state index contributed by atoms with van der Waals surface area (Å²) >= 11 is 0. The van der Waals surface area contributed by atoms with Crippen molar-refractivity contribution in [3.05, 3.63) is 59.9 Å². The van der Waals surface area contributed by atoms with Crippen molar-refractivity contribution >= 4 is 27.0 Å². The quantitative estimate of drug-likeness (QED) is 0.568. The van der Waals surface area contributed by atoms with Crippen LogP contribution in [0.4, 0.5) is 0 Å². The summed E-state index contributed by atoms with van der Waals surface area (Å²) < 4.78 is 28.9. The Balaban J connectivity index is 1.71. The molecule has 8 heteroatoms. The molecule has 1 heterocycles. The van der Waals surface area contributed by atoms with E-state index < -0.39 is 10.0 Å². The minimum Gasteiger partial charge on any atom is -0.352 e. The van der Waals surface area contributed by atoms with Gasteiger partial charge in [0.1, 0.15) is 5.82 Å². The molecule has 0 unspecified atom stereocenters. The second-order valence-corrected chi connectivity index (χ2v) is 9.03. The van der Waals surface area contributed by atoms with Gasteiger partial charge >= 0.3 is 0 Å². The molecule has 7 nitrogen and oxygen atoms in total. The standard InChI is InChI=1S/C22H28N4O3S/c1-4-26(5-2)30(28,29)18-11-12-20-19(15-18)24-21(25(20)3)13-14-22(27)23-16-17-9-7-6-8-10-17/h6-12,15H,4-5,13-14,16H2,1-3H3,(H,23,27). The highest BCUT2D eigenvalue weighted by Crippen LogP contribution is 2.22. The van der Waals surface area contributed by atoms with Crippen molar-refractivity contribution < 1.29 is 13.2 Å². The van der Waals surface area contributed by atoms with Gasteiger partial charge in [0.05, 0.1) is 15.9 Å². The molecule has 0 aliphatic carbocycles. The van der Waals surface area contributed by atoms with Crippen LogP contribution in [0.25, 0.3) is 11.0 Å². The summed E-state index contributed by atoms with van der Waals surface area (Å²) in [7, 11) is -1.66. The van der Waals surface area contributed by atoms with E-state index in [9.17, 15) is 13.2 Å². The number of nitrogens with one attached hydrogen (secondary N) is 1. The van der Waals surface area contributed by atoms with Gasteiger partial charge in [-0.15, -0.1) is 0 Å². The monoisotopic (exact) mass is 428 g/mol. The first-order valence-electron chi connectivity index (χ1n) is 10.1. The maximum atomic E-state index is 12.8. The molecule has 0 fully saturated rings. The van der Waals surface area contributed by atoms with Crippen LogP contribution >= 0.6 is 0 Å². The number of fused-ring (bicyclic) bond motifs is 1. The SMILES string of the molecule is CCN(CC)S(=O)(=O)c1ccc2c(c1)nc(CCC(=O)NCc1ccccc1)n2C. The third-order valence-corrected chi connectivity index (χ3v) is 7.24. The first kappa shape index (κ1) is 22.0. The van der Waals surface area contributed by atoms with E-state index in [-0.39, 0.29) is 10.8 Å².